The van der Waals surface area contributed by atoms with Crippen molar-refractivity contribution in [1.82, 2.24) is 14.8 Å². The van der Waals surface area contributed by atoms with Gasteiger partial charge in [0.2, 0.25) is 0 Å². The van der Waals surface area contributed by atoms with E-state index in [0.717, 1.165) is 55.9 Å². The maximum absolute atomic E-state index is 13.6. The number of nitrogens with zero attached hydrogens (tertiary/aromatic N) is 4. The number of hydrogen-bond donors (Lipinski definition) is 0. The Hall–Kier alpha value is -2.57. The summed E-state index contributed by atoms with van der Waals surface area (Å²) in [5.74, 6) is -0.0998. The fourth-order valence-electron chi connectivity index (χ4n) is 4.93. The number of hydrazone groups is 1. The van der Waals surface area contributed by atoms with Gasteiger partial charge in [0, 0.05) is 37.7 Å². The first-order valence-electron chi connectivity index (χ1n) is 10.8. The molecule has 2 aromatic carbocycles. The van der Waals surface area contributed by atoms with Crippen LogP contribution in [-0.4, -0.2) is 66.2 Å². The third-order valence-corrected chi connectivity index (χ3v) is 6.65. The van der Waals surface area contributed by atoms with E-state index in [9.17, 15) is 9.18 Å². The van der Waals surface area contributed by atoms with E-state index >= 15 is 0 Å². The smallest absolute Gasteiger partial charge is 0.257 e. The Morgan fingerprint density at radius 2 is 1.80 bits per heavy atom. The molecule has 2 atom stereocenters. The molecular formula is C24H27FN4O. The molecule has 1 saturated heterocycles. The van der Waals surface area contributed by atoms with E-state index < -0.39 is 0 Å². The average molecular weight is 407 g/mol. The Morgan fingerprint density at radius 3 is 2.57 bits per heavy atom. The molecule has 156 valence electrons. The Balaban J connectivity index is 1.47. The highest BCUT2D eigenvalue weighted by atomic mass is 19.1. The molecule has 0 radical (unpaired) electrons. The zero-order valence-corrected chi connectivity index (χ0v) is 17.3. The molecule has 0 saturated carbocycles. The zero-order valence-electron chi connectivity index (χ0n) is 17.3. The maximum atomic E-state index is 13.6. The number of carbonyl (C=O) groups is 1. The molecule has 0 bridgehead atoms. The van der Waals surface area contributed by atoms with Gasteiger partial charge in [0.15, 0.2) is 0 Å². The second-order valence-corrected chi connectivity index (χ2v) is 8.60. The Bertz CT molecular complexity index is 965. The Morgan fingerprint density at radius 1 is 1.07 bits per heavy atom. The number of aryl methyl sites for hydroxylation is 1. The molecule has 0 aromatic heterocycles. The van der Waals surface area contributed by atoms with E-state index in [1.807, 2.05) is 6.07 Å². The van der Waals surface area contributed by atoms with Gasteiger partial charge in [-0.2, -0.15) is 5.10 Å². The van der Waals surface area contributed by atoms with Crippen LogP contribution in [0.2, 0.25) is 0 Å². The first-order valence-corrected chi connectivity index (χ1v) is 10.8. The van der Waals surface area contributed by atoms with Gasteiger partial charge in [0.25, 0.3) is 5.91 Å². The van der Waals surface area contributed by atoms with Crippen LogP contribution in [0, 0.1) is 11.7 Å². The highest BCUT2D eigenvalue weighted by Gasteiger charge is 2.44. The van der Waals surface area contributed by atoms with Crippen LogP contribution in [0.3, 0.4) is 0 Å². The van der Waals surface area contributed by atoms with E-state index in [1.165, 1.54) is 17.7 Å². The van der Waals surface area contributed by atoms with Gasteiger partial charge in [-0.1, -0.05) is 36.4 Å². The van der Waals surface area contributed by atoms with Gasteiger partial charge in [-0.05, 0) is 43.1 Å². The highest BCUT2D eigenvalue weighted by molar-refractivity contribution is 6.06. The molecule has 2 heterocycles. The summed E-state index contributed by atoms with van der Waals surface area (Å²) in [7, 11) is 2.11. The number of amides is 1. The quantitative estimate of drug-likeness (QED) is 0.787. The van der Waals surface area contributed by atoms with Crippen LogP contribution in [0.4, 0.5) is 4.39 Å². The van der Waals surface area contributed by atoms with Crippen molar-refractivity contribution in [2.24, 2.45) is 11.0 Å². The van der Waals surface area contributed by atoms with Crippen molar-refractivity contribution in [3.05, 3.63) is 71.0 Å². The van der Waals surface area contributed by atoms with Crippen molar-refractivity contribution in [2.75, 3.05) is 39.8 Å². The lowest BCUT2D eigenvalue weighted by molar-refractivity contribution is -0.135. The van der Waals surface area contributed by atoms with E-state index in [1.54, 1.807) is 17.1 Å². The number of fused-ring (bicyclic) bond motifs is 3. The summed E-state index contributed by atoms with van der Waals surface area (Å²) in [6.07, 6.45) is 1.91. The summed E-state index contributed by atoms with van der Waals surface area (Å²) in [5.41, 5.74) is 4.39. The first kappa shape index (κ1) is 19.4. The Labute approximate surface area is 176 Å². The van der Waals surface area contributed by atoms with E-state index in [2.05, 4.69) is 35.0 Å². The molecule has 3 aliphatic rings. The maximum Gasteiger partial charge on any atom is 0.257 e. The van der Waals surface area contributed by atoms with Gasteiger partial charge in [-0.25, -0.2) is 9.40 Å². The minimum absolute atomic E-state index is 0.0215. The largest absolute Gasteiger partial charge is 0.304 e. The predicted molar refractivity (Wildman–Crippen MR) is 115 cm³/mol. The van der Waals surface area contributed by atoms with Gasteiger partial charge in [-0.15, -0.1) is 0 Å². The lowest BCUT2D eigenvalue weighted by Crippen LogP contribution is -2.48. The third kappa shape index (κ3) is 3.55. The number of carbonyl (C=O) groups excluding carboxylic acids is 1. The molecule has 1 aliphatic carbocycles. The molecule has 1 fully saturated rings. The molecule has 5 nitrogen and oxygen atoms in total. The zero-order chi connectivity index (χ0) is 20.7. The molecule has 6 heteroatoms. The number of halogens is 1. The molecule has 0 spiro atoms. The summed E-state index contributed by atoms with van der Waals surface area (Å²) < 4.78 is 13.6. The molecule has 1 amide bonds. The van der Waals surface area contributed by atoms with E-state index in [4.69, 9.17) is 5.10 Å². The topological polar surface area (TPSA) is 39.1 Å². The summed E-state index contributed by atoms with van der Waals surface area (Å²) >= 11 is 0. The first-order chi connectivity index (χ1) is 14.6. The van der Waals surface area contributed by atoms with E-state index in [0.29, 0.717) is 6.54 Å². The van der Waals surface area contributed by atoms with Crippen molar-refractivity contribution in [2.45, 2.75) is 18.9 Å². The molecule has 0 N–H and O–H groups in total. The summed E-state index contributed by atoms with van der Waals surface area (Å²) in [4.78, 5) is 17.9. The molecule has 2 aromatic rings. The minimum atomic E-state index is -0.262. The standard InChI is InChI=1S/C24H27FN4O/c1-27-12-14-28(15-13-27)16-22(30)29-24(18-6-9-19(25)10-7-18)21-11-8-17-4-2-3-5-20(17)23(21)26-29/h2-7,9-10,21,24H,8,11-16H2,1H3. The SMILES string of the molecule is CN1CCN(CC(=O)N2N=C3c4ccccc4CCC3C2c2ccc(F)cc2)CC1. The van der Waals surface area contributed by atoms with Crippen molar-refractivity contribution < 1.29 is 9.18 Å². The average Bonchev–Trinajstić information content (AvgIpc) is 3.16. The van der Waals surface area contributed by atoms with Crippen LogP contribution in [0.15, 0.2) is 53.6 Å². The fraction of sp³-hybridized carbons (Fsp3) is 0.417. The normalized spacial score (nSPS) is 24.3. The van der Waals surface area contributed by atoms with Gasteiger partial charge in [-0.3, -0.25) is 9.69 Å². The minimum Gasteiger partial charge on any atom is -0.304 e. The van der Waals surface area contributed by atoms with E-state index in [-0.39, 0.29) is 23.7 Å². The fourth-order valence-corrected chi connectivity index (χ4v) is 4.93. The predicted octanol–water partition coefficient (Wildman–Crippen LogP) is 2.92. The van der Waals surface area contributed by atoms with Crippen LogP contribution < -0.4 is 0 Å². The summed E-state index contributed by atoms with van der Waals surface area (Å²) in [6.45, 7) is 4.09. The van der Waals surface area contributed by atoms with Crippen LogP contribution in [0.25, 0.3) is 0 Å². The van der Waals surface area contributed by atoms with Crippen molar-refractivity contribution in [3.8, 4) is 0 Å². The monoisotopic (exact) mass is 406 g/mol. The summed E-state index contributed by atoms with van der Waals surface area (Å²) in [6, 6.07) is 14.7. The number of rotatable bonds is 3. The van der Waals surface area contributed by atoms with Crippen LogP contribution >= 0.6 is 0 Å². The van der Waals surface area contributed by atoms with Crippen molar-refractivity contribution >= 4 is 11.6 Å². The number of piperazine rings is 1. The van der Waals surface area contributed by atoms with Crippen LogP contribution in [-0.2, 0) is 11.2 Å². The van der Waals surface area contributed by atoms with Gasteiger partial charge in [0.1, 0.15) is 5.82 Å². The van der Waals surface area contributed by atoms with Crippen LogP contribution in [0.5, 0.6) is 0 Å². The Kier molecular flexibility index (Phi) is 5.13. The molecule has 2 unspecified atom stereocenters. The third-order valence-electron chi connectivity index (χ3n) is 6.65. The highest BCUT2D eigenvalue weighted by Crippen LogP contribution is 2.43. The second kappa shape index (κ2) is 7.93. The van der Waals surface area contributed by atoms with Crippen LogP contribution in [0.1, 0.15) is 29.2 Å². The van der Waals surface area contributed by atoms with Gasteiger partial charge >= 0.3 is 0 Å². The molecule has 5 rings (SSSR count). The summed E-state index contributed by atoms with van der Waals surface area (Å²) in [5, 5.41) is 6.57. The number of likely N-dealkylation sites (N-methyl/N-ethyl adjacent to an activating group) is 1. The second-order valence-electron chi connectivity index (χ2n) is 8.60. The lowest BCUT2D eigenvalue weighted by Gasteiger charge is -2.34. The van der Waals surface area contributed by atoms with Crippen molar-refractivity contribution in [1.29, 1.82) is 0 Å². The van der Waals surface area contributed by atoms with Crippen molar-refractivity contribution in [3.63, 3.8) is 0 Å². The molecule has 30 heavy (non-hydrogen) atoms. The number of hydrogen-bond acceptors (Lipinski definition) is 4. The van der Waals surface area contributed by atoms with Gasteiger partial charge in [0.05, 0.1) is 18.3 Å². The lowest BCUT2D eigenvalue weighted by atomic mass is 9.77. The van der Waals surface area contributed by atoms with Gasteiger partial charge < -0.3 is 4.90 Å². The number of benzene rings is 2. The molecular weight excluding hydrogens is 379 g/mol. The molecule has 2 aliphatic heterocycles.